The number of hydrogen-bond donors (Lipinski definition) is 1. The van der Waals surface area contributed by atoms with E-state index in [9.17, 15) is 4.79 Å². The van der Waals surface area contributed by atoms with E-state index in [4.69, 9.17) is 21.1 Å². The molecule has 0 bridgehead atoms. The third-order valence-corrected chi connectivity index (χ3v) is 5.02. The first-order chi connectivity index (χ1) is 10.6. The molecule has 22 heavy (non-hydrogen) atoms. The van der Waals surface area contributed by atoms with Gasteiger partial charge in [0.15, 0.2) is 11.5 Å². The zero-order chi connectivity index (χ0) is 15.5. The lowest BCUT2D eigenvalue weighted by molar-refractivity contribution is 0.0951. The number of carbonyl (C=O) groups is 1. The maximum absolute atomic E-state index is 12.3. The minimum atomic E-state index is -0.193. The van der Waals surface area contributed by atoms with Crippen LogP contribution in [0, 0.1) is 0 Å². The van der Waals surface area contributed by atoms with Crippen molar-refractivity contribution in [2.24, 2.45) is 0 Å². The Kier molecular flexibility index (Phi) is 4.90. The standard InChI is InChI=1S/C15H13BrClNO3S/c16-13-3-2-10(22-13)8-18-15(19)9-6-11(17)14-12(7-9)20-4-1-5-21-14/h2-3,6-7H,1,4-5,8H2,(H,18,19). The number of amides is 1. The number of halogens is 2. The first-order valence-corrected chi connectivity index (χ1v) is 8.74. The molecule has 0 atom stereocenters. The molecule has 116 valence electrons. The van der Waals surface area contributed by atoms with Gasteiger partial charge in [-0.25, -0.2) is 0 Å². The average Bonchev–Trinajstić information content (AvgIpc) is 2.77. The molecule has 1 aromatic heterocycles. The third kappa shape index (κ3) is 3.56. The molecule has 0 aliphatic carbocycles. The average molecular weight is 403 g/mol. The molecule has 0 fully saturated rings. The van der Waals surface area contributed by atoms with Gasteiger partial charge >= 0.3 is 0 Å². The molecule has 0 spiro atoms. The van der Waals surface area contributed by atoms with E-state index < -0.39 is 0 Å². The molecule has 0 saturated heterocycles. The minimum Gasteiger partial charge on any atom is -0.489 e. The largest absolute Gasteiger partial charge is 0.489 e. The smallest absolute Gasteiger partial charge is 0.251 e. The van der Waals surface area contributed by atoms with Crippen LogP contribution in [0.25, 0.3) is 0 Å². The molecule has 0 unspecified atom stereocenters. The minimum absolute atomic E-state index is 0.193. The molecule has 1 aromatic carbocycles. The van der Waals surface area contributed by atoms with Gasteiger partial charge in [-0.1, -0.05) is 11.6 Å². The van der Waals surface area contributed by atoms with E-state index in [1.807, 2.05) is 12.1 Å². The number of fused-ring (bicyclic) bond motifs is 1. The van der Waals surface area contributed by atoms with Gasteiger partial charge in [-0.15, -0.1) is 11.3 Å². The van der Waals surface area contributed by atoms with Crippen molar-refractivity contribution in [3.63, 3.8) is 0 Å². The molecular weight excluding hydrogens is 390 g/mol. The fourth-order valence-electron chi connectivity index (χ4n) is 2.08. The highest BCUT2D eigenvalue weighted by atomic mass is 79.9. The van der Waals surface area contributed by atoms with Crippen LogP contribution in [0.2, 0.25) is 5.02 Å². The van der Waals surface area contributed by atoms with Crippen LogP contribution in [0.5, 0.6) is 11.5 Å². The summed E-state index contributed by atoms with van der Waals surface area (Å²) in [4.78, 5) is 13.3. The Balaban J connectivity index is 1.75. The topological polar surface area (TPSA) is 47.6 Å². The van der Waals surface area contributed by atoms with E-state index in [1.165, 1.54) is 0 Å². The Bertz CT molecular complexity index is 704. The van der Waals surface area contributed by atoms with Gasteiger partial charge < -0.3 is 14.8 Å². The van der Waals surface area contributed by atoms with E-state index >= 15 is 0 Å². The maximum Gasteiger partial charge on any atom is 0.251 e. The van der Waals surface area contributed by atoms with Crippen molar-refractivity contribution in [1.82, 2.24) is 5.32 Å². The predicted molar refractivity (Wildman–Crippen MR) is 90.2 cm³/mol. The second-order valence-electron chi connectivity index (χ2n) is 4.72. The van der Waals surface area contributed by atoms with Gasteiger partial charge in [0.2, 0.25) is 0 Å². The third-order valence-electron chi connectivity index (χ3n) is 3.12. The Labute approximate surface area is 145 Å². The first kappa shape index (κ1) is 15.6. The fourth-order valence-corrected chi connectivity index (χ4v) is 3.77. The highest BCUT2D eigenvalue weighted by molar-refractivity contribution is 9.11. The lowest BCUT2D eigenvalue weighted by atomic mass is 10.2. The van der Waals surface area contributed by atoms with Gasteiger partial charge in [0.1, 0.15) is 0 Å². The molecule has 1 aliphatic rings. The van der Waals surface area contributed by atoms with E-state index in [2.05, 4.69) is 21.2 Å². The van der Waals surface area contributed by atoms with Crippen molar-refractivity contribution in [3.8, 4) is 11.5 Å². The molecule has 2 heterocycles. The molecule has 1 amide bonds. The summed E-state index contributed by atoms with van der Waals surface area (Å²) in [6.07, 6.45) is 0.791. The number of nitrogens with one attached hydrogen (secondary N) is 1. The van der Waals surface area contributed by atoms with Gasteiger partial charge in [-0.2, -0.15) is 0 Å². The highest BCUT2D eigenvalue weighted by Crippen LogP contribution is 2.38. The zero-order valence-electron chi connectivity index (χ0n) is 11.5. The molecule has 3 rings (SSSR count). The maximum atomic E-state index is 12.3. The molecule has 7 heteroatoms. The summed E-state index contributed by atoms with van der Waals surface area (Å²) < 4.78 is 12.2. The molecule has 0 saturated carbocycles. The van der Waals surface area contributed by atoms with Gasteiger partial charge in [0, 0.05) is 16.9 Å². The molecule has 2 aromatic rings. The number of ether oxygens (including phenoxy) is 2. The molecule has 1 aliphatic heterocycles. The number of hydrogen-bond acceptors (Lipinski definition) is 4. The second-order valence-corrected chi connectivity index (χ2v) is 7.68. The van der Waals surface area contributed by atoms with Crippen LogP contribution in [0.1, 0.15) is 21.7 Å². The van der Waals surface area contributed by atoms with Crippen molar-refractivity contribution in [2.45, 2.75) is 13.0 Å². The quantitative estimate of drug-likeness (QED) is 0.834. The summed E-state index contributed by atoms with van der Waals surface area (Å²) >= 11 is 11.2. The van der Waals surface area contributed by atoms with Crippen molar-refractivity contribution in [3.05, 3.63) is 43.5 Å². The van der Waals surface area contributed by atoms with Gasteiger partial charge in [0.05, 0.1) is 28.6 Å². The van der Waals surface area contributed by atoms with Crippen LogP contribution < -0.4 is 14.8 Å². The van der Waals surface area contributed by atoms with Gasteiger partial charge in [0.25, 0.3) is 5.91 Å². The number of benzene rings is 1. The first-order valence-electron chi connectivity index (χ1n) is 6.75. The fraction of sp³-hybridized carbons (Fsp3) is 0.267. The van der Waals surface area contributed by atoms with E-state index in [0.717, 1.165) is 15.1 Å². The van der Waals surface area contributed by atoms with Crippen molar-refractivity contribution >= 4 is 44.8 Å². The van der Waals surface area contributed by atoms with Crippen LogP contribution in [0.4, 0.5) is 0 Å². The Morgan fingerprint density at radius 2 is 2.14 bits per heavy atom. The second kappa shape index (κ2) is 6.89. The summed E-state index contributed by atoms with van der Waals surface area (Å²) in [6, 6.07) is 7.20. The zero-order valence-corrected chi connectivity index (χ0v) is 14.7. The summed E-state index contributed by atoms with van der Waals surface area (Å²) in [5.74, 6) is 0.842. The van der Waals surface area contributed by atoms with Crippen LogP contribution in [0.15, 0.2) is 28.1 Å². The van der Waals surface area contributed by atoms with E-state index in [0.29, 0.717) is 41.8 Å². The molecular formula is C15H13BrClNO3S. The summed E-state index contributed by atoms with van der Waals surface area (Å²) in [5.41, 5.74) is 0.463. The van der Waals surface area contributed by atoms with E-state index in [-0.39, 0.29) is 5.91 Å². The summed E-state index contributed by atoms with van der Waals surface area (Å²) in [6.45, 7) is 1.59. The van der Waals surface area contributed by atoms with Crippen molar-refractivity contribution in [1.29, 1.82) is 0 Å². The number of thiophene rings is 1. The van der Waals surface area contributed by atoms with Gasteiger partial charge in [-0.3, -0.25) is 4.79 Å². The van der Waals surface area contributed by atoms with Crippen LogP contribution in [0.3, 0.4) is 0 Å². The highest BCUT2D eigenvalue weighted by Gasteiger charge is 2.18. The Morgan fingerprint density at radius 1 is 1.32 bits per heavy atom. The van der Waals surface area contributed by atoms with Crippen molar-refractivity contribution in [2.75, 3.05) is 13.2 Å². The Morgan fingerprint density at radius 3 is 2.91 bits per heavy atom. The lowest BCUT2D eigenvalue weighted by Gasteiger charge is -2.11. The monoisotopic (exact) mass is 401 g/mol. The number of carbonyl (C=O) groups excluding carboxylic acids is 1. The van der Waals surface area contributed by atoms with E-state index in [1.54, 1.807) is 23.5 Å². The molecule has 1 N–H and O–H groups in total. The number of rotatable bonds is 3. The van der Waals surface area contributed by atoms with Crippen LogP contribution >= 0.6 is 38.9 Å². The van der Waals surface area contributed by atoms with Crippen LogP contribution in [-0.4, -0.2) is 19.1 Å². The predicted octanol–water partition coefficient (Wildman–Crippen LogP) is 4.26. The Hall–Kier alpha value is -1.24. The van der Waals surface area contributed by atoms with Crippen LogP contribution in [-0.2, 0) is 6.54 Å². The van der Waals surface area contributed by atoms with Gasteiger partial charge in [-0.05, 0) is 40.2 Å². The summed E-state index contributed by atoms with van der Waals surface area (Å²) in [5, 5.41) is 3.27. The molecule has 0 radical (unpaired) electrons. The molecule has 4 nitrogen and oxygen atoms in total. The SMILES string of the molecule is O=C(NCc1ccc(Br)s1)c1cc(Cl)c2c(c1)OCCCO2. The lowest BCUT2D eigenvalue weighted by Crippen LogP contribution is -2.22. The normalized spacial score (nSPS) is 13.5. The summed E-state index contributed by atoms with van der Waals surface area (Å²) in [7, 11) is 0. The van der Waals surface area contributed by atoms with Crippen molar-refractivity contribution < 1.29 is 14.3 Å².